The van der Waals surface area contributed by atoms with Gasteiger partial charge in [0.05, 0.1) is 6.54 Å². The molecule has 7 nitrogen and oxygen atoms in total. The molecular formula is C16H23N5O2. The lowest BCUT2D eigenvalue weighted by atomic mass is 10.2. The quantitative estimate of drug-likeness (QED) is 0.701. The van der Waals surface area contributed by atoms with Crippen molar-refractivity contribution in [3.05, 3.63) is 24.4 Å². The Morgan fingerprint density at radius 3 is 2.39 bits per heavy atom. The van der Waals surface area contributed by atoms with Crippen LogP contribution in [-0.4, -0.2) is 90.9 Å². The van der Waals surface area contributed by atoms with Gasteiger partial charge in [-0.1, -0.05) is 6.07 Å². The van der Waals surface area contributed by atoms with Crippen molar-refractivity contribution in [3.8, 4) is 0 Å². The van der Waals surface area contributed by atoms with Crippen LogP contribution in [0, 0.1) is 0 Å². The molecular weight excluding hydrogens is 294 g/mol. The summed E-state index contributed by atoms with van der Waals surface area (Å²) in [7, 11) is 0. The number of aromatic nitrogens is 1. The first kappa shape index (κ1) is 15.7. The van der Waals surface area contributed by atoms with Gasteiger partial charge in [-0.15, -0.1) is 0 Å². The van der Waals surface area contributed by atoms with Gasteiger partial charge in [0.2, 0.25) is 12.3 Å². The Bertz CT molecular complexity index is 523. The number of amides is 2. The van der Waals surface area contributed by atoms with Crippen LogP contribution in [0.5, 0.6) is 0 Å². The Morgan fingerprint density at radius 1 is 1.04 bits per heavy atom. The average Bonchev–Trinajstić information content (AvgIpc) is 2.63. The van der Waals surface area contributed by atoms with E-state index in [2.05, 4.69) is 14.8 Å². The Kier molecular flexibility index (Phi) is 5.07. The first-order valence-corrected chi connectivity index (χ1v) is 8.12. The van der Waals surface area contributed by atoms with E-state index in [1.165, 1.54) is 0 Å². The molecule has 1 aromatic heterocycles. The standard InChI is InChI=1S/C16H23N5O2/c22-14-19-7-5-18(6-8-19)13-16(23)21-11-9-20(10-12-21)15-3-1-2-4-17-15/h1-4,14H,5-13H2. The molecule has 0 aromatic carbocycles. The second-order valence-corrected chi connectivity index (χ2v) is 5.97. The topological polar surface area (TPSA) is 60.0 Å². The summed E-state index contributed by atoms with van der Waals surface area (Å²) in [5, 5.41) is 0. The van der Waals surface area contributed by atoms with Gasteiger partial charge in [-0.05, 0) is 12.1 Å². The molecule has 0 atom stereocenters. The fourth-order valence-corrected chi connectivity index (χ4v) is 3.04. The smallest absolute Gasteiger partial charge is 0.236 e. The van der Waals surface area contributed by atoms with Gasteiger partial charge in [-0.3, -0.25) is 14.5 Å². The van der Waals surface area contributed by atoms with Crippen molar-refractivity contribution in [3.63, 3.8) is 0 Å². The minimum Gasteiger partial charge on any atom is -0.353 e. The van der Waals surface area contributed by atoms with E-state index in [0.29, 0.717) is 19.6 Å². The Balaban J connectivity index is 1.44. The maximum atomic E-state index is 12.4. The number of anilines is 1. The number of pyridine rings is 1. The zero-order chi connectivity index (χ0) is 16.1. The van der Waals surface area contributed by atoms with Gasteiger partial charge in [-0.25, -0.2) is 4.98 Å². The highest BCUT2D eigenvalue weighted by molar-refractivity contribution is 5.78. The lowest BCUT2D eigenvalue weighted by Gasteiger charge is -2.37. The van der Waals surface area contributed by atoms with E-state index in [4.69, 9.17) is 0 Å². The molecule has 0 spiro atoms. The predicted molar refractivity (Wildman–Crippen MR) is 87.1 cm³/mol. The fraction of sp³-hybridized carbons (Fsp3) is 0.562. The highest BCUT2D eigenvalue weighted by atomic mass is 16.2. The molecule has 3 heterocycles. The van der Waals surface area contributed by atoms with Crippen molar-refractivity contribution in [2.45, 2.75) is 0 Å². The molecule has 0 bridgehead atoms. The Labute approximate surface area is 136 Å². The molecule has 0 aliphatic carbocycles. The van der Waals surface area contributed by atoms with Crippen LogP contribution in [0.3, 0.4) is 0 Å². The van der Waals surface area contributed by atoms with Crippen LogP contribution in [0.25, 0.3) is 0 Å². The van der Waals surface area contributed by atoms with Crippen LogP contribution in [-0.2, 0) is 9.59 Å². The SMILES string of the molecule is O=CN1CCN(CC(=O)N2CCN(c3ccccn3)CC2)CC1. The molecule has 1 aromatic rings. The van der Waals surface area contributed by atoms with Crippen LogP contribution in [0.4, 0.5) is 5.82 Å². The highest BCUT2D eigenvalue weighted by Gasteiger charge is 2.24. The average molecular weight is 317 g/mol. The van der Waals surface area contributed by atoms with E-state index < -0.39 is 0 Å². The summed E-state index contributed by atoms with van der Waals surface area (Å²) in [6.07, 6.45) is 2.68. The molecule has 2 amide bonds. The lowest BCUT2D eigenvalue weighted by molar-refractivity contribution is -0.133. The molecule has 2 aliphatic rings. The number of carbonyl (C=O) groups is 2. The minimum absolute atomic E-state index is 0.185. The largest absolute Gasteiger partial charge is 0.353 e. The molecule has 7 heteroatoms. The van der Waals surface area contributed by atoms with Crippen LogP contribution in [0.15, 0.2) is 24.4 Å². The molecule has 124 valence electrons. The van der Waals surface area contributed by atoms with E-state index in [9.17, 15) is 9.59 Å². The number of hydrogen-bond acceptors (Lipinski definition) is 5. The third-order valence-corrected chi connectivity index (χ3v) is 4.52. The van der Waals surface area contributed by atoms with Gasteiger partial charge in [0.1, 0.15) is 5.82 Å². The van der Waals surface area contributed by atoms with Crippen LogP contribution < -0.4 is 4.90 Å². The van der Waals surface area contributed by atoms with Gasteiger partial charge in [0, 0.05) is 58.6 Å². The van der Waals surface area contributed by atoms with Crippen LogP contribution in [0.1, 0.15) is 0 Å². The van der Waals surface area contributed by atoms with E-state index >= 15 is 0 Å². The molecule has 2 saturated heterocycles. The second kappa shape index (κ2) is 7.41. The molecule has 0 saturated carbocycles. The zero-order valence-electron chi connectivity index (χ0n) is 13.3. The fourth-order valence-electron chi connectivity index (χ4n) is 3.04. The first-order chi connectivity index (χ1) is 11.3. The summed E-state index contributed by atoms with van der Waals surface area (Å²) < 4.78 is 0. The molecule has 2 fully saturated rings. The van der Waals surface area contributed by atoms with Gasteiger partial charge in [0.25, 0.3) is 0 Å². The van der Waals surface area contributed by atoms with E-state index in [-0.39, 0.29) is 5.91 Å². The number of rotatable bonds is 4. The number of hydrogen-bond donors (Lipinski definition) is 0. The number of nitrogens with zero attached hydrogens (tertiary/aromatic N) is 5. The summed E-state index contributed by atoms with van der Waals surface area (Å²) in [5.74, 6) is 1.16. The van der Waals surface area contributed by atoms with Crippen molar-refractivity contribution in [1.29, 1.82) is 0 Å². The van der Waals surface area contributed by atoms with E-state index in [1.54, 1.807) is 11.1 Å². The Morgan fingerprint density at radius 2 is 1.78 bits per heavy atom. The molecule has 0 radical (unpaired) electrons. The molecule has 0 unspecified atom stereocenters. The predicted octanol–water partition coefficient (Wildman–Crippen LogP) is -0.496. The third kappa shape index (κ3) is 3.98. The zero-order valence-corrected chi connectivity index (χ0v) is 13.3. The maximum absolute atomic E-state index is 12.4. The lowest BCUT2D eigenvalue weighted by Crippen LogP contribution is -2.53. The highest BCUT2D eigenvalue weighted by Crippen LogP contribution is 2.13. The van der Waals surface area contributed by atoms with E-state index in [1.807, 2.05) is 23.1 Å². The van der Waals surface area contributed by atoms with E-state index in [0.717, 1.165) is 51.5 Å². The van der Waals surface area contributed by atoms with Crippen molar-refractivity contribution in [1.82, 2.24) is 19.7 Å². The van der Waals surface area contributed by atoms with Gasteiger partial charge in [-0.2, -0.15) is 0 Å². The van der Waals surface area contributed by atoms with Crippen molar-refractivity contribution in [2.24, 2.45) is 0 Å². The summed E-state index contributed by atoms with van der Waals surface area (Å²) >= 11 is 0. The van der Waals surface area contributed by atoms with Crippen LogP contribution >= 0.6 is 0 Å². The summed E-state index contributed by atoms with van der Waals surface area (Å²) in [6.45, 7) is 6.55. The third-order valence-electron chi connectivity index (χ3n) is 4.52. The minimum atomic E-state index is 0.185. The van der Waals surface area contributed by atoms with Gasteiger partial charge in [0.15, 0.2) is 0 Å². The second-order valence-electron chi connectivity index (χ2n) is 5.97. The summed E-state index contributed by atoms with van der Waals surface area (Å²) in [4.78, 5) is 35.5. The van der Waals surface area contributed by atoms with Gasteiger partial charge < -0.3 is 14.7 Å². The van der Waals surface area contributed by atoms with Crippen molar-refractivity contribution in [2.75, 3.05) is 63.8 Å². The maximum Gasteiger partial charge on any atom is 0.236 e. The van der Waals surface area contributed by atoms with Crippen LogP contribution in [0.2, 0.25) is 0 Å². The number of carbonyl (C=O) groups excluding carboxylic acids is 2. The summed E-state index contributed by atoms with van der Waals surface area (Å²) in [6, 6.07) is 5.90. The van der Waals surface area contributed by atoms with Crippen molar-refractivity contribution >= 4 is 18.1 Å². The van der Waals surface area contributed by atoms with Crippen molar-refractivity contribution < 1.29 is 9.59 Å². The first-order valence-electron chi connectivity index (χ1n) is 8.12. The normalized spacial score (nSPS) is 19.7. The molecule has 2 aliphatic heterocycles. The molecule has 3 rings (SSSR count). The monoisotopic (exact) mass is 317 g/mol. The molecule has 23 heavy (non-hydrogen) atoms. The molecule has 0 N–H and O–H groups in total. The summed E-state index contributed by atoms with van der Waals surface area (Å²) in [5.41, 5.74) is 0. The number of piperazine rings is 2. The van der Waals surface area contributed by atoms with Gasteiger partial charge >= 0.3 is 0 Å². The Hall–Kier alpha value is -2.15.